The Morgan fingerprint density at radius 3 is 1.87 bits per heavy atom. The number of rotatable bonds is 24. The van der Waals surface area contributed by atoms with E-state index in [1.165, 1.54) is 30.3 Å². The second-order valence-electron chi connectivity index (χ2n) is 22.3. The minimum atomic E-state index is -2.53. The molecular formula is C60H75N8O13PSi. The topological polar surface area (TPSA) is 232 Å². The van der Waals surface area contributed by atoms with Gasteiger partial charge in [0.2, 0.25) is 5.95 Å². The number of aromatic nitrogens is 6. The molecule has 0 bridgehead atoms. The minimum absolute atomic E-state index is 0.0128. The predicted octanol–water partition coefficient (Wildman–Crippen LogP) is 9.28. The van der Waals surface area contributed by atoms with Gasteiger partial charge in [-0.2, -0.15) is 9.97 Å². The number of carbonyl (C=O) groups is 1. The first-order chi connectivity index (χ1) is 39.8. The van der Waals surface area contributed by atoms with Crippen molar-refractivity contribution in [2.45, 2.75) is 107 Å². The average Bonchev–Trinajstić information content (AvgIpc) is 2.30. The zero-order chi connectivity index (χ0) is 59.2. The summed E-state index contributed by atoms with van der Waals surface area (Å²) < 4.78 is 69.0. The van der Waals surface area contributed by atoms with Crippen LogP contribution in [-0.4, -0.2) is 135 Å². The number of methoxy groups -OCH3 is 4. The van der Waals surface area contributed by atoms with Crippen LogP contribution in [0.1, 0.15) is 74.1 Å². The highest BCUT2D eigenvalue weighted by Gasteiger charge is 2.53. The van der Waals surface area contributed by atoms with Gasteiger partial charge in [-0.15, -0.1) is 0 Å². The van der Waals surface area contributed by atoms with Crippen LogP contribution >= 0.6 is 8.38 Å². The van der Waals surface area contributed by atoms with Gasteiger partial charge in [-0.3, -0.25) is 23.7 Å². The number of H-pyrrole nitrogens is 1. The Balaban J connectivity index is 1.05. The molecule has 1 unspecified atom stereocenters. The van der Waals surface area contributed by atoms with Gasteiger partial charge in [0.15, 0.2) is 40.3 Å². The number of hydrogen-bond acceptors (Lipinski definition) is 17. The predicted molar refractivity (Wildman–Crippen MR) is 318 cm³/mol. The molecule has 1 amide bonds. The van der Waals surface area contributed by atoms with Gasteiger partial charge in [-0.05, 0) is 83.2 Å². The second kappa shape index (κ2) is 26.1. The summed E-state index contributed by atoms with van der Waals surface area (Å²) in [6.07, 6.45) is -3.77. The van der Waals surface area contributed by atoms with E-state index in [-0.39, 0.29) is 35.5 Å². The van der Waals surface area contributed by atoms with Gasteiger partial charge in [0.05, 0.1) is 33.8 Å². The largest absolute Gasteiger partial charge is 0.497 e. The summed E-state index contributed by atoms with van der Waals surface area (Å²) in [5.41, 5.74) is 0.865. The molecule has 0 spiro atoms. The first-order valence-electron chi connectivity index (χ1n) is 27.5. The number of imidazole rings is 1. The number of ether oxygens (including phenoxy) is 7. The van der Waals surface area contributed by atoms with E-state index in [1.54, 1.807) is 56.2 Å². The van der Waals surface area contributed by atoms with Gasteiger partial charge in [0.1, 0.15) is 59.5 Å². The molecule has 9 atom stereocenters. The maximum atomic E-state index is 14.2. The maximum absolute atomic E-state index is 14.2. The van der Waals surface area contributed by atoms with Crippen molar-refractivity contribution in [1.82, 2.24) is 29.1 Å². The third-order valence-electron chi connectivity index (χ3n) is 15.4. The molecule has 2 fully saturated rings. The van der Waals surface area contributed by atoms with Crippen molar-refractivity contribution in [3.63, 3.8) is 0 Å². The van der Waals surface area contributed by atoms with E-state index in [4.69, 9.17) is 51.6 Å². The lowest BCUT2D eigenvalue weighted by Gasteiger charge is -2.40. The van der Waals surface area contributed by atoms with Crippen LogP contribution in [0.4, 0.5) is 11.8 Å². The second-order valence-corrected chi connectivity index (χ2v) is 28.4. The van der Waals surface area contributed by atoms with Crippen molar-refractivity contribution < 1.29 is 51.4 Å². The first kappa shape index (κ1) is 60.9. The third kappa shape index (κ3) is 13.2. The van der Waals surface area contributed by atoms with Crippen molar-refractivity contribution in [3.05, 3.63) is 171 Å². The molecular weight excluding hydrogens is 1100 g/mol. The van der Waals surface area contributed by atoms with Gasteiger partial charge in [-0.1, -0.05) is 107 Å². The van der Waals surface area contributed by atoms with E-state index in [1.807, 2.05) is 85.5 Å². The highest BCUT2D eigenvalue weighted by molar-refractivity contribution is 7.46. The van der Waals surface area contributed by atoms with Gasteiger partial charge >= 0.3 is 5.69 Å². The molecule has 21 nitrogen and oxygen atoms in total. The zero-order valence-electron chi connectivity index (χ0n) is 48.9. The number of nitrogens with zero attached hydrogens (tertiary/aromatic N) is 5. The molecule has 9 rings (SSSR count). The molecule has 5 heterocycles. The number of aromatic amines is 1. The smallest absolute Gasteiger partial charge is 0.351 e. The van der Waals surface area contributed by atoms with Gasteiger partial charge in [-0.25, -0.2) is 9.78 Å². The maximum Gasteiger partial charge on any atom is 0.351 e. The summed E-state index contributed by atoms with van der Waals surface area (Å²) >= 11 is 0. The molecule has 2 aliphatic heterocycles. The van der Waals surface area contributed by atoms with Crippen LogP contribution in [-0.2, 0) is 42.8 Å². The summed E-state index contributed by atoms with van der Waals surface area (Å²) in [6.45, 7) is 17.2. The fourth-order valence-electron chi connectivity index (χ4n) is 10.0. The Bertz CT molecular complexity index is 3350. The summed E-state index contributed by atoms with van der Waals surface area (Å²) in [6, 6.07) is 35.4. The molecule has 3 aromatic heterocycles. The number of anilines is 2. The van der Waals surface area contributed by atoms with E-state index >= 15 is 0 Å². The van der Waals surface area contributed by atoms with Crippen LogP contribution in [0.5, 0.6) is 11.5 Å². The highest BCUT2D eigenvalue weighted by atomic mass is 31.2. The molecule has 4 aromatic carbocycles. The fourth-order valence-corrected chi connectivity index (χ4v) is 12.4. The van der Waals surface area contributed by atoms with Crippen molar-refractivity contribution in [2.75, 3.05) is 65.5 Å². The Kier molecular flexibility index (Phi) is 19.1. The summed E-state index contributed by atoms with van der Waals surface area (Å²) in [7, 11) is 1.99. The van der Waals surface area contributed by atoms with E-state index in [9.17, 15) is 14.4 Å². The van der Waals surface area contributed by atoms with Crippen LogP contribution in [0, 0.1) is 5.92 Å². The highest BCUT2D eigenvalue weighted by Crippen LogP contribution is 2.48. The van der Waals surface area contributed by atoms with Crippen LogP contribution in [0.15, 0.2) is 137 Å². The molecule has 2 saturated heterocycles. The van der Waals surface area contributed by atoms with E-state index in [0.29, 0.717) is 35.2 Å². The molecule has 2 aliphatic rings. The lowest BCUT2D eigenvalue weighted by molar-refractivity contribution is -0.0955. The quantitative estimate of drug-likeness (QED) is 0.0291. The Hall–Kier alpha value is -6.69. The van der Waals surface area contributed by atoms with Crippen molar-refractivity contribution in [1.29, 1.82) is 0 Å². The Morgan fingerprint density at radius 1 is 0.735 bits per heavy atom. The number of amides is 1. The Labute approximate surface area is 485 Å². The SMILES string of the molecule is COc1ccc(C(OC[C@H]2O[C@@H](n3ccc(NC(=O)c4ccccc4)nc3=O)[C@H](OC)[C@@H]2OP(C)OC[C@H]2O[C@@H](n3cnc4c(=O)[nH]c(NCC(C)C)nc43)[C@H](OC)[C@@H]2O[Si](C)(C)C(C)(C)C)(c2ccccc2)c2ccc(OC)cc2)cc1. The average molecular weight is 1180 g/mol. The van der Waals surface area contributed by atoms with Crippen LogP contribution < -0.4 is 31.4 Å². The minimum Gasteiger partial charge on any atom is -0.497 e. The first-order valence-corrected chi connectivity index (χ1v) is 32.0. The number of nitrogens with one attached hydrogen (secondary N) is 3. The van der Waals surface area contributed by atoms with Gasteiger partial charge in [0, 0.05) is 39.2 Å². The normalized spacial score (nSPS) is 21.6. The zero-order valence-corrected chi connectivity index (χ0v) is 50.8. The fraction of sp³-hybridized carbons (Fsp3) is 0.433. The van der Waals surface area contributed by atoms with E-state index in [2.05, 4.69) is 73.3 Å². The van der Waals surface area contributed by atoms with Crippen molar-refractivity contribution in [3.8, 4) is 11.5 Å². The van der Waals surface area contributed by atoms with Crippen LogP contribution in [0.25, 0.3) is 11.2 Å². The van der Waals surface area contributed by atoms with Crippen LogP contribution in [0.3, 0.4) is 0 Å². The molecule has 442 valence electrons. The molecule has 3 N–H and O–H groups in total. The van der Waals surface area contributed by atoms with Crippen LogP contribution in [0.2, 0.25) is 18.1 Å². The Morgan fingerprint density at radius 2 is 1.30 bits per heavy atom. The van der Waals surface area contributed by atoms with E-state index in [0.717, 1.165) is 16.7 Å². The standard InChI is InChI=1S/C60H75N8O13PSi/c1-37(2)33-61-57-65-52-47(54(70)66-57)62-36-68(52)56-51(75-9)49(81-83(11,12)59(3,4)5)45(79-56)35-77-82(10)80-48-44(78-55(50(48)74-8)67-32-31-46(64-58(67)71)63-53(69)38-19-15-13-16-20-38)34-76-60(39-21-17-14-18-22-39,40-23-27-42(72-6)28-24-40)41-25-29-43(73-7)30-26-41/h13-32,36-37,44-45,48-51,55-56H,33-35H2,1-12H3,(H2,61,65,66,70)(H,63,64,69,71)/t44-,45-,48-,49-,50-,51-,55-,56-,82?/m1/s1. The number of carbonyl (C=O) groups excluding carboxylic acids is 1. The van der Waals surface area contributed by atoms with Gasteiger partial charge in [0.25, 0.3) is 11.5 Å². The van der Waals surface area contributed by atoms with E-state index < -0.39 is 88.5 Å². The third-order valence-corrected chi connectivity index (χ3v) is 21.0. The molecule has 7 aromatic rings. The molecule has 0 aliphatic carbocycles. The van der Waals surface area contributed by atoms with Gasteiger partial charge < -0.3 is 57.3 Å². The molecule has 0 radical (unpaired) electrons. The summed E-state index contributed by atoms with van der Waals surface area (Å²) in [5, 5.41) is 5.75. The number of benzene rings is 4. The number of fused-ring (bicyclic) bond motifs is 1. The summed E-state index contributed by atoms with van der Waals surface area (Å²) in [5.74, 6) is 1.53. The molecule has 0 saturated carbocycles. The summed E-state index contributed by atoms with van der Waals surface area (Å²) in [4.78, 5) is 57.0. The molecule has 83 heavy (non-hydrogen) atoms. The van der Waals surface area contributed by atoms with Crippen molar-refractivity contribution >= 4 is 45.5 Å². The molecule has 23 heteroatoms. The number of hydrogen-bond donors (Lipinski definition) is 3. The lowest BCUT2D eigenvalue weighted by Crippen LogP contribution is -2.50. The van der Waals surface area contributed by atoms with Crippen molar-refractivity contribution in [2.24, 2.45) is 5.92 Å². The lowest BCUT2D eigenvalue weighted by atomic mass is 9.80. The monoisotopic (exact) mass is 1170 g/mol.